The van der Waals surface area contributed by atoms with Gasteiger partial charge in [0.1, 0.15) is 0 Å². The SMILES string of the molecule is Cn1cc(-c2ccccc2)c(CO)n1. The molecule has 2 aromatic rings. The molecule has 1 heterocycles. The summed E-state index contributed by atoms with van der Waals surface area (Å²) in [6.07, 6.45) is 1.92. The Bertz CT molecular complexity index is 420. The van der Waals surface area contributed by atoms with E-state index in [0.717, 1.165) is 16.8 Å². The molecule has 1 aromatic heterocycles. The summed E-state index contributed by atoms with van der Waals surface area (Å²) in [7, 11) is 1.85. The Morgan fingerprint density at radius 3 is 2.64 bits per heavy atom. The van der Waals surface area contributed by atoms with Gasteiger partial charge in [-0.05, 0) is 5.56 Å². The molecular formula is C11H12N2O. The van der Waals surface area contributed by atoms with Crippen LogP contribution in [0.2, 0.25) is 0 Å². The van der Waals surface area contributed by atoms with Gasteiger partial charge >= 0.3 is 0 Å². The normalized spacial score (nSPS) is 10.4. The highest BCUT2D eigenvalue weighted by atomic mass is 16.3. The van der Waals surface area contributed by atoms with E-state index in [-0.39, 0.29) is 6.61 Å². The third kappa shape index (κ3) is 1.54. The van der Waals surface area contributed by atoms with Crippen molar-refractivity contribution in [2.24, 2.45) is 7.05 Å². The van der Waals surface area contributed by atoms with Crippen molar-refractivity contribution >= 4 is 0 Å². The van der Waals surface area contributed by atoms with Gasteiger partial charge in [0.05, 0.1) is 12.3 Å². The van der Waals surface area contributed by atoms with E-state index < -0.39 is 0 Å². The summed E-state index contributed by atoms with van der Waals surface area (Å²) in [4.78, 5) is 0. The fraction of sp³-hybridized carbons (Fsp3) is 0.182. The van der Waals surface area contributed by atoms with Crippen LogP contribution in [0.15, 0.2) is 36.5 Å². The molecule has 0 amide bonds. The van der Waals surface area contributed by atoms with Crippen molar-refractivity contribution in [3.05, 3.63) is 42.2 Å². The second kappa shape index (κ2) is 3.64. The third-order valence-electron chi connectivity index (χ3n) is 2.14. The monoisotopic (exact) mass is 188 g/mol. The summed E-state index contributed by atoms with van der Waals surface area (Å²) < 4.78 is 1.72. The Hall–Kier alpha value is -1.61. The van der Waals surface area contributed by atoms with Crippen LogP contribution in [0.4, 0.5) is 0 Å². The number of hydrogen-bond acceptors (Lipinski definition) is 2. The first kappa shape index (κ1) is 8.97. The van der Waals surface area contributed by atoms with Crippen molar-refractivity contribution in [1.82, 2.24) is 9.78 Å². The standard InChI is InChI=1S/C11H12N2O/c1-13-7-10(11(8-14)12-13)9-5-3-2-4-6-9/h2-7,14H,8H2,1H3. The lowest BCUT2D eigenvalue weighted by Gasteiger charge is -1.98. The Morgan fingerprint density at radius 1 is 1.29 bits per heavy atom. The fourth-order valence-electron chi connectivity index (χ4n) is 1.51. The fourth-order valence-corrected chi connectivity index (χ4v) is 1.51. The topological polar surface area (TPSA) is 38.0 Å². The molecule has 1 aromatic carbocycles. The second-order valence-electron chi connectivity index (χ2n) is 3.19. The molecule has 0 radical (unpaired) electrons. The quantitative estimate of drug-likeness (QED) is 0.777. The molecular weight excluding hydrogens is 176 g/mol. The zero-order valence-corrected chi connectivity index (χ0v) is 8.01. The first-order valence-corrected chi connectivity index (χ1v) is 4.50. The van der Waals surface area contributed by atoms with Crippen LogP contribution in [0.25, 0.3) is 11.1 Å². The lowest BCUT2D eigenvalue weighted by molar-refractivity contribution is 0.276. The Kier molecular flexibility index (Phi) is 2.33. The third-order valence-corrected chi connectivity index (χ3v) is 2.14. The molecule has 72 valence electrons. The van der Waals surface area contributed by atoms with Gasteiger partial charge in [-0.2, -0.15) is 5.10 Å². The molecule has 3 nitrogen and oxygen atoms in total. The maximum absolute atomic E-state index is 9.12. The molecule has 0 aliphatic heterocycles. The highest BCUT2D eigenvalue weighted by Gasteiger charge is 2.07. The molecule has 0 atom stereocenters. The predicted octanol–water partition coefficient (Wildman–Crippen LogP) is 1.58. The van der Waals surface area contributed by atoms with Crippen molar-refractivity contribution in [1.29, 1.82) is 0 Å². The summed E-state index contributed by atoms with van der Waals surface area (Å²) in [5.41, 5.74) is 2.80. The van der Waals surface area contributed by atoms with Gasteiger partial charge in [0.15, 0.2) is 0 Å². The van der Waals surface area contributed by atoms with Crippen LogP contribution in [0.3, 0.4) is 0 Å². The molecule has 0 fully saturated rings. The number of benzene rings is 1. The molecule has 0 saturated carbocycles. The Morgan fingerprint density at radius 2 is 2.00 bits per heavy atom. The summed E-state index contributed by atoms with van der Waals surface area (Å²) in [5.74, 6) is 0. The van der Waals surface area contributed by atoms with Crippen LogP contribution in [-0.2, 0) is 13.7 Å². The molecule has 0 aliphatic carbocycles. The van der Waals surface area contributed by atoms with Crippen molar-refractivity contribution < 1.29 is 5.11 Å². The first-order valence-electron chi connectivity index (χ1n) is 4.50. The largest absolute Gasteiger partial charge is 0.390 e. The minimum atomic E-state index is -0.0228. The van der Waals surface area contributed by atoms with Crippen molar-refractivity contribution in [3.8, 4) is 11.1 Å². The van der Waals surface area contributed by atoms with Crippen LogP contribution in [0.1, 0.15) is 5.69 Å². The van der Waals surface area contributed by atoms with E-state index in [1.165, 1.54) is 0 Å². The van der Waals surface area contributed by atoms with E-state index in [4.69, 9.17) is 5.11 Å². The lowest BCUT2D eigenvalue weighted by atomic mass is 10.1. The second-order valence-corrected chi connectivity index (χ2v) is 3.19. The van der Waals surface area contributed by atoms with Gasteiger partial charge in [-0.25, -0.2) is 0 Å². The van der Waals surface area contributed by atoms with E-state index in [2.05, 4.69) is 5.10 Å². The molecule has 1 N–H and O–H groups in total. The minimum absolute atomic E-state index is 0.0228. The minimum Gasteiger partial charge on any atom is -0.390 e. The average molecular weight is 188 g/mol. The first-order chi connectivity index (χ1) is 6.81. The highest BCUT2D eigenvalue weighted by molar-refractivity contribution is 5.64. The number of rotatable bonds is 2. The number of nitrogens with zero attached hydrogens (tertiary/aromatic N) is 2. The number of aliphatic hydroxyl groups is 1. The van der Waals surface area contributed by atoms with Crippen LogP contribution in [0.5, 0.6) is 0 Å². The summed E-state index contributed by atoms with van der Waals surface area (Å²) in [6, 6.07) is 9.94. The molecule has 3 heteroatoms. The van der Waals surface area contributed by atoms with Gasteiger partial charge in [0.2, 0.25) is 0 Å². The predicted molar refractivity (Wildman–Crippen MR) is 54.6 cm³/mol. The van der Waals surface area contributed by atoms with Gasteiger partial charge in [-0.3, -0.25) is 4.68 Å². The summed E-state index contributed by atoms with van der Waals surface area (Å²) >= 11 is 0. The van der Waals surface area contributed by atoms with Crippen molar-refractivity contribution in [2.75, 3.05) is 0 Å². The lowest BCUT2D eigenvalue weighted by Crippen LogP contribution is -1.90. The zero-order chi connectivity index (χ0) is 9.97. The average Bonchev–Trinajstić information content (AvgIpc) is 2.61. The Labute approximate surface area is 82.6 Å². The molecule has 0 aliphatic rings. The van der Waals surface area contributed by atoms with Crippen LogP contribution in [0, 0.1) is 0 Å². The zero-order valence-electron chi connectivity index (χ0n) is 8.01. The number of aliphatic hydroxyl groups excluding tert-OH is 1. The van der Waals surface area contributed by atoms with Crippen molar-refractivity contribution in [3.63, 3.8) is 0 Å². The molecule has 0 unspecified atom stereocenters. The smallest absolute Gasteiger partial charge is 0.0957 e. The van der Waals surface area contributed by atoms with Crippen molar-refractivity contribution in [2.45, 2.75) is 6.61 Å². The maximum atomic E-state index is 9.12. The maximum Gasteiger partial charge on any atom is 0.0957 e. The number of hydrogen-bond donors (Lipinski definition) is 1. The van der Waals surface area contributed by atoms with Gasteiger partial charge in [-0.1, -0.05) is 30.3 Å². The highest BCUT2D eigenvalue weighted by Crippen LogP contribution is 2.21. The van der Waals surface area contributed by atoms with E-state index in [9.17, 15) is 0 Å². The molecule has 2 rings (SSSR count). The number of aromatic nitrogens is 2. The van der Waals surface area contributed by atoms with E-state index in [1.54, 1.807) is 4.68 Å². The number of aryl methyl sites for hydroxylation is 1. The molecule has 0 bridgehead atoms. The van der Waals surface area contributed by atoms with Crippen LogP contribution in [-0.4, -0.2) is 14.9 Å². The van der Waals surface area contributed by atoms with Gasteiger partial charge in [0.25, 0.3) is 0 Å². The molecule has 14 heavy (non-hydrogen) atoms. The molecule has 0 spiro atoms. The van der Waals surface area contributed by atoms with E-state index in [0.29, 0.717) is 0 Å². The van der Waals surface area contributed by atoms with Crippen LogP contribution < -0.4 is 0 Å². The van der Waals surface area contributed by atoms with Gasteiger partial charge < -0.3 is 5.11 Å². The Balaban J connectivity index is 2.51. The van der Waals surface area contributed by atoms with Gasteiger partial charge in [0, 0.05) is 18.8 Å². The summed E-state index contributed by atoms with van der Waals surface area (Å²) in [6.45, 7) is -0.0228. The molecule has 0 saturated heterocycles. The van der Waals surface area contributed by atoms with E-state index >= 15 is 0 Å². The van der Waals surface area contributed by atoms with Gasteiger partial charge in [-0.15, -0.1) is 0 Å². The summed E-state index contributed by atoms with van der Waals surface area (Å²) in [5, 5.41) is 13.3. The van der Waals surface area contributed by atoms with E-state index in [1.807, 2.05) is 43.6 Å². The van der Waals surface area contributed by atoms with Crippen LogP contribution >= 0.6 is 0 Å².